The number of anilines is 1. The van der Waals surface area contributed by atoms with Crippen LogP contribution in [0, 0.1) is 0 Å². The van der Waals surface area contributed by atoms with Crippen molar-refractivity contribution in [1.82, 2.24) is 15.2 Å². The Morgan fingerprint density at radius 3 is 2.43 bits per heavy atom. The van der Waals surface area contributed by atoms with Crippen LogP contribution in [0.2, 0.25) is 0 Å². The molecule has 0 radical (unpaired) electrons. The fourth-order valence-corrected chi connectivity index (χ4v) is 3.54. The molecule has 0 aromatic carbocycles. The quantitative estimate of drug-likeness (QED) is 0.719. The highest BCUT2D eigenvalue weighted by Crippen LogP contribution is 2.30. The van der Waals surface area contributed by atoms with Gasteiger partial charge in [-0.25, -0.2) is 4.98 Å². The first-order valence-electron chi connectivity index (χ1n) is 8.09. The van der Waals surface area contributed by atoms with Gasteiger partial charge in [-0.15, -0.1) is 11.3 Å². The molecular weight excluding hydrogens is 280 g/mol. The van der Waals surface area contributed by atoms with E-state index in [-0.39, 0.29) is 0 Å². The lowest BCUT2D eigenvalue weighted by atomic mass is 10.1. The number of nitrogens with one attached hydrogen (secondary N) is 1. The van der Waals surface area contributed by atoms with Gasteiger partial charge in [-0.05, 0) is 46.4 Å². The normalized spacial score (nSPS) is 11.6. The van der Waals surface area contributed by atoms with Crippen LogP contribution in [0.1, 0.15) is 50.6 Å². The summed E-state index contributed by atoms with van der Waals surface area (Å²) in [6.45, 7) is 14.0. The maximum absolute atomic E-state index is 4.92. The smallest absolute Gasteiger partial charge is 0.185 e. The number of hydrogen-bond donors (Lipinski definition) is 1. The third-order valence-corrected chi connectivity index (χ3v) is 4.62. The van der Waals surface area contributed by atoms with Gasteiger partial charge in [0.05, 0.1) is 5.69 Å². The van der Waals surface area contributed by atoms with Crippen molar-refractivity contribution in [3.8, 4) is 0 Å². The minimum absolute atomic E-state index is 0.490. The van der Waals surface area contributed by atoms with Crippen LogP contribution in [-0.4, -0.2) is 50.2 Å². The Balaban J connectivity index is 2.78. The highest BCUT2D eigenvalue weighted by atomic mass is 32.1. The first kappa shape index (κ1) is 18.4. The number of thiazole rings is 1. The molecular formula is C16H32N4S. The van der Waals surface area contributed by atoms with Gasteiger partial charge in [0.25, 0.3) is 0 Å². The second kappa shape index (κ2) is 9.38. The Hall–Kier alpha value is -0.650. The highest BCUT2D eigenvalue weighted by molar-refractivity contribution is 7.15. The van der Waals surface area contributed by atoms with Gasteiger partial charge >= 0.3 is 0 Å². The van der Waals surface area contributed by atoms with E-state index in [1.54, 1.807) is 0 Å². The lowest BCUT2D eigenvalue weighted by molar-refractivity contribution is 0.400. The van der Waals surface area contributed by atoms with Gasteiger partial charge in [-0.1, -0.05) is 20.8 Å². The average molecular weight is 313 g/mol. The van der Waals surface area contributed by atoms with Crippen LogP contribution in [0.3, 0.4) is 0 Å². The maximum atomic E-state index is 4.92. The first-order valence-corrected chi connectivity index (χ1v) is 8.91. The summed E-state index contributed by atoms with van der Waals surface area (Å²) >= 11 is 1.86. The molecule has 0 aliphatic carbocycles. The number of aromatic nitrogens is 1. The van der Waals surface area contributed by atoms with E-state index in [0.29, 0.717) is 5.92 Å². The van der Waals surface area contributed by atoms with Crippen molar-refractivity contribution in [2.24, 2.45) is 0 Å². The molecule has 122 valence electrons. The fraction of sp³-hybridized carbons (Fsp3) is 0.812. The zero-order chi connectivity index (χ0) is 15.8. The molecule has 5 heteroatoms. The molecule has 0 atom stereocenters. The summed E-state index contributed by atoms with van der Waals surface area (Å²) in [7, 11) is 4.26. The third-order valence-electron chi connectivity index (χ3n) is 3.48. The Labute approximate surface area is 134 Å². The van der Waals surface area contributed by atoms with Gasteiger partial charge in [-0.3, -0.25) is 0 Å². The van der Waals surface area contributed by atoms with E-state index in [4.69, 9.17) is 4.98 Å². The highest BCUT2D eigenvalue weighted by Gasteiger charge is 2.17. The van der Waals surface area contributed by atoms with Crippen molar-refractivity contribution in [3.05, 3.63) is 10.6 Å². The largest absolute Gasteiger partial charge is 0.348 e. The molecule has 0 saturated heterocycles. The molecule has 0 fully saturated rings. The minimum Gasteiger partial charge on any atom is -0.348 e. The van der Waals surface area contributed by atoms with Gasteiger partial charge in [0, 0.05) is 24.5 Å². The molecule has 1 heterocycles. The van der Waals surface area contributed by atoms with E-state index in [1.807, 2.05) is 11.3 Å². The second-order valence-electron chi connectivity index (χ2n) is 5.98. The van der Waals surface area contributed by atoms with Crippen LogP contribution in [0.25, 0.3) is 0 Å². The lowest BCUT2D eigenvalue weighted by Crippen LogP contribution is -2.26. The Morgan fingerprint density at radius 1 is 1.19 bits per heavy atom. The molecule has 0 saturated carbocycles. The lowest BCUT2D eigenvalue weighted by Gasteiger charge is -2.20. The van der Waals surface area contributed by atoms with E-state index < -0.39 is 0 Å². The zero-order valence-corrected chi connectivity index (χ0v) is 15.4. The summed E-state index contributed by atoms with van der Waals surface area (Å²) in [5.74, 6) is 0.490. The Bertz CT molecular complexity index is 401. The molecule has 0 unspecified atom stereocenters. The predicted octanol–water partition coefficient (Wildman–Crippen LogP) is 3.15. The molecule has 4 nitrogen and oxygen atoms in total. The number of rotatable bonds is 10. The van der Waals surface area contributed by atoms with Crippen LogP contribution in [0.15, 0.2) is 0 Å². The summed E-state index contributed by atoms with van der Waals surface area (Å²) in [5, 5.41) is 4.62. The molecule has 1 N–H and O–H groups in total. The van der Waals surface area contributed by atoms with E-state index >= 15 is 0 Å². The molecule has 1 rings (SSSR count). The summed E-state index contributed by atoms with van der Waals surface area (Å²) in [4.78, 5) is 11.0. The van der Waals surface area contributed by atoms with Gasteiger partial charge in [-0.2, -0.15) is 0 Å². The predicted molar refractivity (Wildman–Crippen MR) is 94.6 cm³/mol. The summed E-state index contributed by atoms with van der Waals surface area (Å²) in [6.07, 6.45) is 1.18. The van der Waals surface area contributed by atoms with Crippen LogP contribution in [0.5, 0.6) is 0 Å². The molecule has 0 amide bonds. The minimum atomic E-state index is 0.490. The van der Waals surface area contributed by atoms with E-state index in [9.17, 15) is 0 Å². The van der Waals surface area contributed by atoms with Crippen molar-refractivity contribution in [1.29, 1.82) is 0 Å². The molecule has 1 aromatic rings. The SMILES string of the molecule is CCNCc1sc(N(CC)CCCN(C)C)nc1C(C)C. The topological polar surface area (TPSA) is 31.4 Å². The van der Waals surface area contributed by atoms with Crippen molar-refractivity contribution >= 4 is 16.5 Å². The third kappa shape index (κ3) is 5.93. The van der Waals surface area contributed by atoms with Crippen LogP contribution in [0.4, 0.5) is 5.13 Å². The van der Waals surface area contributed by atoms with Crippen molar-refractivity contribution in [2.75, 3.05) is 45.2 Å². The summed E-state index contributed by atoms with van der Waals surface area (Å²) in [6, 6.07) is 0. The van der Waals surface area contributed by atoms with Crippen molar-refractivity contribution in [2.45, 2.75) is 46.6 Å². The van der Waals surface area contributed by atoms with Gasteiger partial charge in [0.2, 0.25) is 0 Å². The standard InChI is InChI=1S/C16H32N4S/c1-7-17-12-14-15(13(3)4)18-16(21-14)20(8-2)11-9-10-19(5)6/h13,17H,7-12H2,1-6H3. The Morgan fingerprint density at radius 2 is 1.90 bits per heavy atom. The second-order valence-corrected chi connectivity index (χ2v) is 7.04. The monoisotopic (exact) mass is 312 g/mol. The molecule has 0 bridgehead atoms. The molecule has 0 aliphatic heterocycles. The summed E-state index contributed by atoms with van der Waals surface area (Å²) in [5.41, 5.74) is 1.27. The van der Waals surface area contributed by atoms with E-state index in [2.05, 4.69) is 56.9 Å². The van der Waals surface area contributed by atoms with Crippen LogP contribution < -0.4 is 10.2 Å². The summed E-state index contributed by atoms with van der Waals surface area (Å²) < 4.78 is 0. The molecule has 0 aliphatic rings. The zero-order valence-electron chi connectivity index (χ0n) is 14.6. The maximum Gasteiger partial charge on any atom is 0.185 e. The van der Waals surface area contributed by atoms with Gasteiger partial charge in [0.1, 0.15) is 0 Å². The Kier molecular flexibility index (Phi) is 8.22. The molecule has 1 aromatic heterocycles. The van der Waals surface area contributed by atoms with Crippen molar-refractivity contribution in [3.63, 3.8) is 0 Å². The van der Waals surface area contributed by atoms with Gasteiger partial charge < -0.3 is 15.1 Å². The molecule has 0 spiro atoms. The fourth-order valence-electron chi connectivity index (χ4n) is 2.27. The van der Waals surface area contributed by atoms with E-state index in [0.717, 1.165) is 32.7 Å². The van der Waals surface area contributed by atoms with Crippen LogP contribution in [-0.2, 0) is 6.54 Å². The van der Waals surface area contributed by atoms with Crippen molar-refractivity contribution < 1.29 is 0 Å². The van der Waals surface area contributed by atoms with Crippen LogP contribution >= 0.6 is 11.3 Å². The number of hydrogen-bond acceptors (Lipinski definition) is 5. The van der Waals surface area contributed by atoms with Gasteiger partial charge in [0.15, 0.2) is 5.13 Å². The van der Waals surface area contributed by atoms with E-state index in [1.165, 1.54) is 22.1 Å². The molecule has 21 heavy (non-hydrogen) atoms. The number of nitrogens with zero attached hydrogens (tertiary/aromatic N) is 3. The average Bonchev–Trinajstić information content (AvgIpc) is 2.85. The first-order chi connectivity index (χ1) is 9.99.